The molecule has 17 heavy (non-hydrogen) atoms. The highest BCUT2D eigenvalue weighted by molar-refractivity contribution is 6.42. The van der Waals surface area contributed by atoms with Gasteiger partial charge in [-0.25, -0.2) is 4.98 Å². The van der Waals surface area contributed by atoms with Crippen LogP contribution in [0.25, 0.3) is 11.0 Å². The van der Waals surface area contributed by atoms with Gasteiger partial charge in [-0.15, -0.1) is 0 Å². The number of hydrogen-bond donors (Lipinski definition) is 1. The van der Waals surface area contributed by atoms with Crippen molar-refractivity contribution in [3.8, 4) is 0 Å². The van der Waals surface area contributed by atoms with Crippen molar-refractivity contribution in [3.63, 3.8) is 0 Å². The van der Waals surface area contributed by atoms with Crippen LogP contribution in [0.5, 0.6) is 0 Å². The first-order valence-corrected chi connectivity index (χ1v) is 6.01. The number of nitrogens with one attached hydrogen (secondary N) is 1. The van der Waals surface area contributed by atoms with E-state index < -0.39 is 5.60 Å². The van der Waals surface area contributed by atoms with Crippen molar-refractivity contribution in [3.05, 3.63) is 40.2 Å². The molecule has 0 fully saturated rings. The van der Waals surface area contributed by atoms with Crippen LogP contribution in [0.3, 0.4) is 0 Å². The van der Waals surface area contributed by atoms with E-state index in [1.54, 1.807) is 12.1 Å². The normalized spacial score (nSPS) is 23.7. The highest BCUT2D eigenvalue weighted by Crippen LogP contribution is 2.32. The van der Waals surface area contributed by atoms with Gasteiger partial charge in [-0.2, -0.15) is 0 Å². The quantitative estimate of drug-likeness (QED) is 0.802. The Balaban J connectivity index is 2.17. The Labute approximate surface area is 108 Å². The first-order chi connectivity index (χ1) is 8.08. The van der Waals surface area contributed by atoms with E-state index in [4.69, 9.17) is 27.9 Å². The maximum Gasteiger partial charge on any atom is 0.143 e. The molecule has 0 bridgehead atoms. The van der Waals surface area contributed by atoms with Crippen molar-refractivity contribution in [1.29, 1.82) is 0 Å². The Morgan fingerprint density at radius 3 is 2.82 bits per heavy atom. The molecule has 1 N–H and O–H groups in total. The fourth-order valence-electron chi connectivity index (χ4n) is 1.93. The Morgan fingerprint density at radius 2 is 2.12 bits per heavy atom. The van der Waals surface area contributed by atoms with Crippen LogP contribution in [0.15, 0.2) is 24.3 Å². The SMILES string of the molecule is CC1(c2nc3cc(Cl)c(Cl)cc3[nH]2)C=CCO1. The lowest BCUT2D eigenvalue weighted by molar-refractivity contribution is 0.0326. The summed E-state index contributed by atoms with van der Waals surface area (Å²) in [5.41, 5.74) is 1.16. The molecule has 88 valence electrons. The fraction of sp³-hybridized carbons (Fsp3) is 0.250. The Morgan fingerprint density at radius 1 is 1.35 bits per heavy atom. The first kappa shape index (κ1) is 11.1. The van der Waals surface area contributed by atoms with Crippen molar-refractivity contribution in [1.82, 2.24) is 9.97 Å². The van der Waals surface area contributed by atoms with Gasteiger partial charge in [0, 0.05) is 0 Å². The summed E-state index contributed by atoms with van der Waals surface area (Å²) in [7, 11) is 0. The molecule has 2 aromatic rings. The maximum absolute atomic E-state index is 5.97. The van der Waals surface area contributed by atoms with Gasteiger partial charge < -0.3 is 9.72 Å². The third-order valence-corrected chi connectivity index (χ3v) is 3.63. The van der Waals surface area contributed by atoms with Crippen LogP contribution in [0.4, 0.5) is 0 Å². The molecule has 0 saturated carbocycles. The number of rotatable bonds is 1. The number of hydrogen-bond acceptors (Lipinski definition) is 2. The average molecular weight is 269 g/mol. The van der Waals surface area contributed by atoms with Gasteiger partial charge >= 0.3 is 0 Å². The molecule has 1 unspecified atom stereocenters. The zero-order chi connectivity index (χ0) is 12.0. The molecule has 1 aromatic heterocycles. The van der Waals surface area contributed by atoms with Crippen LogP contribution in [-0.4, -0.2) is 16.6 Å². The van der Waals surface area contributed by atoms with Crippen molar-refractivity contribution in [2.75, 3.05) is 6.61 Å². The summed E-state index contributed by atoms with van der Waals surface area (Å²) in [4.78, 5) is 7.71. The Hall–Kier alpha value is -1.03. The minimum Gasteiger partial charge on any atom is -0.359 e. The zero-order valence-electron chi connectivity index (χ0n) is 9.13. The molecule has 0 saturated heterocycles. The lowest BCUT2D eigenvalue weighted by Crippen LogP contribution is -2.20. The molecule has 0 amide bonds. The number of imidazole rings is 1. The monoisotopic (exact) mass is 268 g/mol. The third kappa shape index (κ3) is 1.75. The smallest absolute Gasteiger partial charge is 0.143 e. The van der Waals surface area contributed by atoms with Crippen LogP contribution in [0.1, 0.15) is 12.7 Å². The average Bonchev–Trinajstić information content (AvgIpc) is 2.87. The summed E-state index contributed by atoms with van der Waals surface area (Å²) in [5, 5.41) is 1.02. The van der Waals surface area contributed by atoms with E-state index in [0.717, 1.165) is 16.9 Å². The summed E-state index contributed by atoms with van der Waals surface area (Å²) in [6.45, 7) is 2.58. The van der Waals surface area contributed by atoms with Crippen molar-refractivity contribution >= 4 is 34.2 Å². The summed E-state index contributed by atoms with van der Waals surface area (Å²) in [6.07, 6.45) is 3.97. The van der Waals surface area contributed by atoms with Crippen LogP contribution < -0.4 is 0 Å². The topological polar surface area (TPSA) is 37.9 Å². The summed E-state index contributed by atoms with van der Waals surface area (Å²) in [5.74, 6) is 0.764. The van der Waals surface area contributed by atoms with E-state index in [1.165, 1.54) is 0 Å². The van der Waals surface area contributed by atoms with Crippen LogP contribution in [-0.2, 0) is 10.3 Å². The molecule has 2 heterocycles. The number of ether oxygens (including phenoxy) is 1. The number of nitrogens with zero attached hydrogens (tertiary/aromatic N) is 1. The standard InChI is InChI=1S/C12H10Cl2N2O/c1-12(3-2-4-17-12)11-15-9-5-7(13)8(14)6-10(9)16-11/h2-3,5-6H,4H2,1H3,(H,15,16). The Bertz CT molecular complexity index is 581. The first-order valence-electron chi connectivity index (χ1n) is 5.25. The predicted molar refractivity (Wildman–Crippen MR) is 68.6 cm³/mol. The molecule has 1 aliphatic heterocycles. The van der Waals surface area contributed by atoms with Gasteiger partial charge in [-0.05, 0) is 25.1 Å². The van der Waals surface area contributed by atoms with Gasteiger partial charge in [0.1, 0.15) is 11.4 Å². The molecule has 3 nitrogen and oxygen atoms in total. The minimum atomic E-state index is -0.488. The lowest BCUT2D eigenvalue weighted by atomic mass is 10.1. The van der Waals surface area contributed by atoms with Gasteiger partial charge in [-0.3, -0.25) is 0 Å². The summed E-state index contributed by atoms with van der Waals surface area (Å²) < 4.78 is 5.65. The Kier molecular flexibility index (Phi) is 2.43. The maximum atomic E-state index is 5.97. The second-order valence-electron chi connectivity index (χ2n) is 4.19. The van der Waals surface area contributed by atoms with E-state index in [2.05, 4.69) is 9.97 Å². The highest BCUT2D eigenvalue weighted by Gasteiger charge is 2.30. The van der Waals surface area contributed by atoms with Gasteiger partial charge in [0.15, 0.2) is 0 Å². The molecular formula is C12H10Cl2N2O. The number of fused-ring (bicyclic) bond motifs is 1. The summed E-state index contributed by atoms with van der Waals surface area (Å²) >= 11 is 11.9. The molecule has 1 atom stereocenters. The second kappa shape index (κ2) is 3.73. The molecule has 0 spiro atoms. The fourth-order valence-corrected chi connectivity index (χ4v) is 2.25. The molecule has 3 rings (SSSR count). The molecule has 0 radical (unpaired) electrons. The van der Waals surface area contributed by atoms with E-state index in [9.17, 15) is 0 Å². The van der Waals surface area contributed by atoms with Crippen LogP contribution >= 0.6 is 23.2 Å². The molecule has 1 aromatic carbocycles. The lowest BCUT2D eigenvalue weighted by Gasteiger charge is -2.18. The van der Waals surface area contributed by atoms with Gasteiger partial charge in [0.05, 0.1) is 27.7 Å². The van der Waals surface area contributed by atoms with Crippen LogP contribution in [0, 0.1) is 0 Å². The molecule has 5 heteroatoms. The van der Waals surface area contributed by atoms with Gasteiger partial charge in [-0.1, -0.05) is 29.3 Å². The number of halogens is 2. The number of aromatic amines is 1. The largest absolute Gasteiger partial charge is 0.359 e. The van der Waals surface area contributed by atoms with E-state index in [1.807, 2.05) is 19.1 Å². The number of aromatic nitrogens is 2. The van der Waals surface area contributed by atoms with Gasteiger partial charge in [0.25, 0.3) is 0 Å². The third-order valence-electron chi connectivity index (χ3n) is 2.91. The zero-order valence-corrected chi connectivity index (χ0v) is 10.6. The second-order valence-corrected chi connectivity index (χ2v) is 5.00. The highest BCUT2D eigenvalue weighted by atomic mass is 35.5. The van der Waals surface area contributed by atoms with E-state index >= 15 is 0 Å². The van der Waals surface area contributed by atoms with Crippen LogP contribution in [0.2, 0.25) is 10.0 Å². The molecular weight excluding hydrogens is 259 g/mol. The van der Waals surface area contributed by atoms with E-state index in [-0.39, 0.29) is 0 Å². The van der Waals surface area contributed by atoms with E-state index in [0.29, 0.717) is 16.7 Å². The molecule has 1 aliphatic rings. The van der Waals surface area contributed by atoms with Crippen molar-refractivity contribution in [2.45, 2.75) is 12.5 Å². The van der Waals surface area contributed by atoms with Gasteiger partial charge in [0.2, 0.25) is 0 Å². The molecule has 0 aliphatic carbocycles. The number of benzene rings is 1. The number of H-pyrrole nitrogens is 1. The van der Waals surface area contributed by atoms with Crippen molar-refractivity contribution < 1.29 is 4.74 Å². The summed E-state index contributed by atoms with van der Waals surface area (Å²) in [6, 6.07) is 3.53. The van der Waals surface area contributed by atoms with Crippen molar-refractivity contribution in [2.24, 2.45) is 0 Å². The predicted octanol–water partition coefficient (Wildman–Crippen LogP) is 3.67. The minimum absolute atomic E-state index is 0.488.